The third-order valence-electron chi connectivity index (χ3n) is 2.16. The maximum Gasteiger partial charge on any atom is 0.290 e. The number of nitrogens with one attached hydrogen (secondary N) is 2. The average molecular weight is 234 g/mol. The highest BCUT2D eigenvalue weighted by Gasteiger charge is 2.11. The second-order valence-corrected chi connectivity index (χ2v) is 3.34. The van der Waals surface area contributed by atoms with Crippen LogP contribution in [0.4, 0.5) is 11.5 Å². The van der Waals surface area contributed by atoms with Crippen LogP contribution in [0.3, 0.4) is 0 Å². The number of pyridine rings is 1. The summed E-state index contributed by atoms with van der Waals surface area (Å²) in [4.78, 5) is 18.2. The first-order chi connectivity index (χ1) is 8.16. The highest BCUT2D eigenvalue weighted by atomic mass is 16.6. The Morgan fingerprint density at radius 2 is 2.35 bits per heavy atom. The molecule has 0 aliphatic carbocycles. The number of H-pyrrole nitrogens is 1. The van der Waals surface area contributed by atoms with Gasteiger partial charge in [-0.15, -0.1) is 0 Å². The maximum atomic E-state index is 10.6. The summed E-state index contributed by atoms with van der Waals surface area (Å²) in [5, 5.41) is 20.0. The molecule has 0 aliphatic rings. The molecule has 0 bridgehead atoms. The highest BCUT2D eigenvalue weighted by molar-refractivity contribution is 5.44. The van der Waals surface area contributed by atoms with Gasteiger partial charge in [-0.1, -0.05) is 0 Å². The lowest BCUT2D eigenvalue weighted by Crippen LogP contribution is -2.04. The van der Waals surface area contributed by atoms with E-state index in [1.165, 1.54) is 12.4 Å². The van der Waals surface area contributed by atoms with Crippen LogP contribution in [-0.4, -0.2) is 25.1 Å². The first kappa shape index (κ1) is 11.0. The predicted octanol–water partition coefficient (Wildman–Crippen LogP) is 1.03. The number of nitro groups is 1. The third-order valence-corrected chi connectivity index (χ3v) is 2.16. The molecular weight excluding hydrogens is 224 g/mol. The van der Waals surface area contributed by atoms with Crippen molar-refractivity contribution in [1.82, 2.24) is 20.2 Å². The van der Waals surface area contributed by atoms with Gasteiger partial charge in [-0.2, -0.15) is 5.10 Å². The molecule has 2 aromatic heterocycles. The molecule has 88 valence electrons. The summed E-state index contributed by atoms with van der Waals surface area (Å²) >= 11 is 0. The molecule has 0 radical (unpaired) electrons. The molecule has 0 saturated carbocycles. The van der Waals surface area contributed by atoms with E-state index in [2.05, 4.69) is 25.5 Å². The molecule has 8 nitrogen and oxygen atoms in total. The third kappa shape index (κ3) is 2.54. The number of nitrogens with zero attached hydrogens (tertiary/aromatic N) is 4. The second-order valence-electron chi connectivity index (χ2n) is 3.34. The van der Waals surface area contributed by atoms with Crippen molar-refractivity contribution in [3.8, 4) is 0 Å². The Balaban J connectivity index is 2.07. The number of aromatic nitrogens is 4. The Labute approximate surface area is 96.3 Å². The number of aromatic amines is 1. The van der Waals surface area contributed by atoms with Crippen molar-refractivity contribution >= 4 is 11.5 Å². The molecule has 0 spiro atoms. The van der Waals surface area contributed by atoms with Gasteiger partial charge in [0.2, 0.25) is 0 Å². The average Bonchev–Trinajstić information content (AvgIpc) is 2.78. The zero-order chi connectivity index (χ0) is 12.3. The topological polar surface area (TPSA) is 110 Å². The zero-order valence-corrected chi connectivity index (χ0v) is 9.04. The van der Waals surface area contributed by atoms with Crippen molar-refractivity contribution in [2.24, 2.45) is 0 Å². The van der Waals surface area contributed by atoms with E-state index < -0.39 is 4.92 Å². The van der Waals surface area contributed by atoms with E-state index in [1.54, 1.807) is 13.0 Å². The number of hydrogen-bond acceptors (Lipinski definition) is 6. The summed E-state index contributed by atoms with van der Waals surface area (Å²) in [6.45, 7) is 2.03. The van der Waals surface area contributed by atoms with E-state index in [1.807, 2.05) is 0 Å². The molecule has 0 atom stereocenters. The van der Waals surface area contributed by atoms with Crippen molar-refractivity contribution in [3.63, 3.8) is 0 Å². The van der Waals surface area contributed by atoms with Crippen molar-refractivity contribution in [3.05, 3.63) is 40.1 Å². The fourth-order valence-corrected chi connectivity index (χ4v) is 1.34. The molecule has 0 aromatic carbocycles. The number of anilines is 1. The molecule has 0 saturated heterocycles. The standard InChI is InChI=1S/C9H10N6O2/c1-6-7(15(16)17)2-3-8(13-6)10-4-9-11-5-12-14-9/h2-3,5H,4H2,1H3,(H,10,13)(H,11,12,14). The minimum atomic E-state index is -0.456. The molecule has 0 unspecified atom stereocenters. The van der Waals surface area contributed by atoms with Crippen LogP contribution >= 0.6 is 0 Å². The summed E-state index contributed by atoms with van der Waals surface area (Å²) in [5.41, 5.74) is 0.382. The minimum Gasteiger partial charge on any atom is -0.363 e. The molecule has 2 N–H and O–H groups in total. The molecule has 0 fully saturated rings. The molecule has 17 heavy (non-hydrogen) atoms. The van der Waals surface area contributed by atoms with Gasteiger partial charge in [0.05, 0.1) is 11.5 Å². The van der Waals surface area contributed by atoms with Crippen molar-refractivity contribution in [2.75, 3.05) is 5.32 Å². The molecule has 2 rings (SSSR count). The summed E-state index contributed by atoms with van der Waals surface area (Å²) in [6.07, 6.45) is 1.41. The largest absolute Gasteiger partial charge is 0.363 e. The SMILES string of the molecule is Cc1nc(NCc2ncn[nH]2)ccc1[N+](=O)[O-]. The Bertz CT molecular complexity index is 524. The van der Waals surface area contributed by atoms with Gasteiger partial charge in [-0.25, -0.2) is 9.97 Å². The Kier molecular flexibility index (Phi) is 2.95. The van der Waals surface area contributed by atoms with Gasteiger partial charge in [0.25, 0.3) is 5.69 Å². The molecule has 8 heteroatoms. The molecule has 2 aromatic rings. The van der Waals surface area contributed by atoms with Crippen LogP contribution in [0, 0.1) is 17.0 Å². The summed E-state index contributed by atoms with van der Waals surface area (Å²) < 4.78 is 0. The van der Waals surface area contributed by atoms with E-state index in [9.17, 15) is 10.1 Å². The van der Waals surface area contributed by atoms with Crippen LogP contribution in [0.2, 0.25) is 0 Å². The van der Waals surface area contributed by atoms with Gasteiger partial charge in [0, 0.05) is 6.07 Å². The first-order valence-corrected chi connectivity index (χ1v) is 4.87. The lowest BCUT2D eigenvalue weighted by atomic mass is 10.3. The minimum absolute atomic E-state index is 0.00946. The van der Waals surface area contributed by atoms with Gasteiger partial charge in [-0.05, 0) is 13.0 Å². The van der Waals surface area contributed by atoms with E-state index in [-0.39, 0.29) is 5.69 Å². The monoisotopic (exact) mass is 234 g/mol. The van der Waals surface area contributed by atoms with Gasteiger partial charge >= 0.3 is 0 Å². The van der Waals surface area contributed by atoms with E-state index in [0.717, 1.165) is 0 Å². The normalized spacial score (nSPS) is 10.2. The number of hydrogen-bond donors (Lipinski definition) is 2. The van der Waals surface area contributed by atoms with Gasteiger partial charge in [-0.3, -0.25) is 15.2 Å². The van der Waals surface area contributed by atoms with E-state index >= 15 is 0 Å². The second kappa shape index (κ2) is 4.56. The van der Waals surface area contributed by atoms with Crippen molar-refractivity contribution < 1.29 is 4.92 Å². The molecule has 2 heterocycles. The Morgan fingerprint density at radius 3 is 2.94 bits per heavy atom. The fourth-order valence-electron chi connectivity index (χ4n) is 1.34. The summed E-state index contributed by atoms with van der Waals surface area (Å²) in [5.74, 6) is 1.23. The van der Waals surface area contributed by atoms with Crippen molar-refractivity contribution in [1.29, 1.82) is 0 Å². The molecular formula is C9H10N6O2. The fraction of sp³-hybridized carbons (Fsp3) is 0.222. The quantitative estimate of drug-likeness (QED) is 0.603. The predicted molar refractivity (Wildman–Crippen MR) is 59.3 cm³/mol. The molecule has 0 aliphatic heterocycles. The van der Waals surface area contributed by atoms with Gasteiger partial charge < -0.3 is 5.32 Å². The van der Waals surface area contributed by atoms with Crippen LogP contribution in [0.5, 0.6) is 0 Å². The van der Waals surface area contributed by atoms with E-state index in [4.69, 9.17) is 0 Å². The highest BCUT2D eigenvalue weighted by Crippen LogP contribution is 2.17. The Hall–Kier alpha value is -2.51. The van der Waals surface area contributed by atoms with Crippen LogP contribution in [0.1, 0.15) is 11.5 Å². The zero-order valence-electron chi connectivity index (χ0n) is 9.04. The Morgan fingerprint density at radius 1 is 1.53 bits per heavy atom. The lowest BCUT2D eigenvalue weighted by Gasteiger charge is -2.04. The lowest BCUT2D eigenvalue weighted by molar-refractivity contribution is -0.385. The first-order valence-electron chi connectivity index (χ1n) is 4.87. The molecule has 0 amide bonds. The number of aryl methyl sites for hydroxylation is 1. The number of rotatable bonds is 4. The van der Waals surface area contributed by atoms with E-state index in [0.29, 0.717) is 23.9 Å². The van der Waals surface area contributed by atoms with Crippen LogP contribution in [0.15, 0.2) is 18.5 Å². The van der Waals surface area contributed by atoms with Crippen LogP contribution in [0.25, 0.3) is 0 Å². The van der Waals surface area contributed by atoms with Crippen molar-refractivity contribution in [2.45, 2.75) is 13.5 Å². The van der Waals surface area contributed by atoms with Crippen LogP contribution in [-0.2, 0) is 6.54 Å². The van der Waals surface area contributed by atoms with Gasteiger partial charge in [0.1, 0.15) is 23.7 Å². The summed E-state index contributed by atoms with van der Waals surface area (Å²) in [7, 11) is 0. The smallest absolute Gasteiger partial charge is 0.290 e. The maximum absolute atomic E-state index is 10.6. The summed E-state index contributed by atoms with van der Waals surface area (Å²) in [6, 6.07) is 2.98. The van der Waals surface area contributed by atoms with Crippen LogP contribution < -0.4 is 5.32 Å². The van der Waals surface area contributed by atoms with Gasteiger partial charge in [0.15, 0.2) is 0 Å².